The van der Waals surface area contributed by atoms with Gasteiger partial charge in [-0.3, -0.25) is 0 Å². The third-order valence-corrected chi connectivity index (χ3v) is 3.93. The van der Waals surface area contributed by atoms with Crippen molar-refractivity contribution in [1.29, 1.82) is 0 Å². The highest BCUT2D eigenvalue weighted by molar-refractivity contribution is 5.41. The van der Waals surface area contributed by atoms with Gasteiger partial charge >= 0.3 is 0 Å². The maximum atomic E-state index is 10.1. The van der Waals surface area contributed by atoms with Gasteiger partial charge in [-0.25, -0.2) is 0 Å². The first-order chi connectivity index (χ1) is 10.5. The van der Waals surface area contributed by atoms with Crippen LogP contribution in [0.5, 0.6) is 11.5 Å². The quantitative estimate of drug-likeness (QED) is 0.439. The van der Waals surface area contributed by atoms with Crippen LogP contribution in [-0.4, -0.2) is 69.5 Å². The lowest BCUT2D eigenvalue weighted by Gasteiger charge is -2.46. The second-order valence-electron chi connectivity index (χ2n) is 5.38. The minimum absolute atomic E-state index is 0.104. The zero-order valence-corrected chi connectivity index (χ0v) is 11.6. The van der Waals surface area contributed by atoms with Gasteiger partial charge in [0.25, 0.3) is 0 Å². The lowest BCUT2D eigenvalue weighted by molar-refractivity contribution is -0.350. The molecular weight excluding hydrogens is 296 g/mol. The van der Waals surface area contributed by atoms with E-state index in [0.29, 0.717) is 5.56 Å². The molecule has 2 aliphatic heterocycles. The van der Waals surface area contributed by atoms with Gasteiger partial charge in [-0.2, -0.15) is 0 Å². The maximum Gasteiger partial charge on any atom is 0.187 e. The summed E-state index contributed by atoms with van der Waals surface area (Å²) in [5.41, 5.74) is 0.555. The van der Waals surface area contributed by atoms with E-state index in [1.54, 1.807) is 6.07 Å². The number of phenols is 2. The molecule has 2 saturated heterocycles. The molecule has 3 rings (SSSR count). The van der Waals surface area contributed by atoms with Crippen molar-refractivity contribution in [1.82, 2.24) is 0 Å². The highest BCUT2D eigenvalue weighted by Crippen LogP contribution is 2.36. The Morgan fingerprint density at radius 2 is 1.82 bits per heavy atom. The predicted octanol–water partition coefficient (Wildman–Crippen LogP) is -1.01. The van der Waals surface area contributed by atoms with Gasteiger partial charge in [-0.1, -0.05) is 6.07 Å². The van der Waals surface area contributed by atoms with Crippen LogP contribution in [0.4, 0.5) is 0 Å². The number of rotatable bonds is 2. The normalized spacial score (nSPS) is 38.5. The summed E-state index contributed by atoms with van der Waals surface area (Å²) in [4.78, 5) is 0. The summed E-state index contributed by atoms with van der Waals surface area (Å²) in [6.45, 7) is -0.341. The second-order valence-corrected chi connectivity index (χ2v) is 5.38. The molecule has 122 valence electrons. The topological polar surface area (TPSA) is 129 Å². The summed E-state index contributed by atoms with van der Waals surface area (Å²) in [6.07, 6.45) is -5.91. The Morgan fingerprint density at radius 3 is 2.50 bits per heavy atom. The number of phenolic OH excluding ortho intramolecular Hbond substituents is 2. The zero-order chi connectivity index (χ0) is 15.9. The molecule has 22 heavy (non-hydrogen) atoms. The fourth-order valence-corrected chi connectivity index (χ4v) is 2.66. The van der Waals surface area contributed by atoms with Gasteiger partial charge in [0.05, 0.1) is 13.2 Å². The van der Waals surface area contributed by atoms with Gasteiger partial charge in [0.15, 0.2) is 17.8 Å². The zero-order valence-electron chi connectivity index (χ0n) is 11.6. The highest BCUT2D eigenvalue weighted by atomic mass is 16.7. The lowest BCUT2D eigenvalue weighted by atomic mass is 9.97. The Bertz CT molecular complexity index is 534. The number of fused-ring (bicyclic) bond motifs is 1. The van der Waals surface area contributed by atoms with E-state index in [-0.39, 0.29) is 18.1 Å². The summed E-state index contributed by atoms with van der Waals surface area (Å²) < 4.78 is 16.6. The molecule has 8 nitrogen and oxygen atoms in total. The van der Waals surface area contributed by atoms with Crippen molar-refractivity contribution in [2.24, 2.45) is 0 Å². The van der Waals surface area contributed by atoms with Gasteiger partial charge in [0, 0.05) is 0 Å². The minimum atomic E-state index is -1.29. The standard InChI is InChI=1S/C14H18O8/c15-4-9-11(18)12(19)13-14(22-9)20-5-10(21-13)6-1-2-7(16)8(17)3-6/h1-3,9-19H,4-5H2/t9-,10+,11-,12+,13-,14?/m1/s1. The van der Waals surface area contributed by atoms with Crippen LogP contribution in [0.1, 0.15) is 11.7 Å². The van der Waals surface area contributed by atoms with Crippen molar-refractivity contribution < 1.29 is 39.7 Å². The molecule has 0 bridgehead atoms. The van der Waals surface area contributed by atoms with Crippen LogP contribution in [0.3, 0.4) is 0 Å². The smallest absolute Gasteiger partial charge is 0.187 e. The van der Waals surface area contributed by atoms with Crippen molar-refractivity contribution in [3.8, 4) is 11.5 Å². The van der Waals surface area contributed by atoms with Gasteiger partial charge in [-0.15, -0.1) is 0 Å². The Labute approximate surface area is 126 Å². The van der Waals surface area contributed by atoms with Crippen LogP contribution in [0.25, 0.3) is 0 Å². The molecule has 0 spiro atoms. The van der Waals surface area contributed by atoms with Crippen molar-refractivity contribution in [3.05, 3.63) is 23.8 Å². The highest BCUT2D eigenvalue weighted by Gasteiger charge is 2.48. The third-order valence-electron chi connectivity index (χ3n) is 3.93. The molecule has 0 saturated carbocycles. The number of aliphatic hydroxyl groups excluding tert-OH is 3. The Morgan fingerprint density at radius 1 is 1.05 bits per heavy atom. The lowest BCUT2D eigenvalue weighted by Crippen LogP contribution is -2.62. The first-order valence-corrected chi connectivity index (χ1v) is 6.92. The molecule has 2 heterocycles. The van der Waals surface area contributed by atoms with Crippen LogP contribution >= 0.6 is 0 Å². The molecule has 0 amide bonds. The Hall–Kier alpha value is -1.42. The molecule has 1 unspecified atom stereocenters. The van der Waals surface area contributed by atoms with E-state index >= 15 is 0 Å². The number of hydrogen-bond acceptors (Lipinski definition) is 8. The van der Waals surface area contributed by atoms with Crippen LogP contribution in [0, 0.1) is 0 Å². The first-order valence-electron chi connectivity index (χ1n) is 6.92. The van der Waals surface area contributed by atoms with Crippen LogP contribution in [0.15, 0.2) is 18.2 Å². The van der Waals surface area contributed by atoms with E-state index in [2.05, 4.69) is 0 Å². The molecule has 0 aliphatic carbocycles. The van der Waals surface area contributed by atoms with Crippen molar-refractivity contribution in [2.75, 3.05) is 13.2 Å². The molecule has 0 aromatic heterocycles. The summed E-state index contributed by atoms with van der Waals surface area (Å²) in [5, 5.41) is 47.9. The van der Waals surface area contributed by atoms with Gasteiger partial charge in [0.2, 0.25) is 0 Å². The molecule has 1 aromatic carbocycles. The third kappa shape index (κ3) is 2.65. The Balaban J connectivity index is 1.76. The number of aliphatic hydroxyl groups is 3. The number of hydrogen-bond donors (Lipinski definition) is 5. The van der Waals surface area contributed by atoms with E-state index in [1.807, 2.05) is 0 Å². The SMILES string of the molecule is OC[C@H]1OC2OC[C@@H](c3ccc(O)c(O)c3)O[C@@H]2[C@@H](O)[C@@H]1O. The monoisotopic (exact) mass is 314 g/mol. The van der Waals surface area contributed by atoms with E-state index in [0.717, 1.165) is 0 Å². The fourth-order valence-electron chi connectivity index (χ4n) is 2.66. The Kier molecular flexibility index (Phi) is 4.22. The van der Waals surface area contributed by atoms with Crippen molar-refractivity contribution >= 4 is 0 Å². The summed E-state index contributed by atoms with van der Waals surface area (Å²) in [6, 6.07) is 4.23. The largest absolute Gasteiger partial charge is 0.504 e. The first kappa shape index (κ1) is 15.5. The predicted molar refractivity (Wildman–Crippen MR) is 71.1 cm³/mol. The molecule has 0 radical (unpaired) electrons. The van der Waals surface area contributed by atoms with Crippen LogP contribution in [0.2, 0.25) is 0 Å². The minimum Gasteiger partial charge on any atom is -0.504 e. The van der Waals surface area contributed by atoms with Crippen LogP contribution in [-0.2, 0) is 14.2 Å². The van der Waals surface area contributed by atoms with E-state index in [4.69, 9.17) is 19.3 Å². The van der Waals surface area contributed by atoms with Crippen molar-refractivity contribution in [3.63, 3.8) is 0 Å². The van der Waals surface area contributed by atoms with Gasteiger partial charge < -0.3 is 39.7 Å². The summed E-state index contributed by atoms with van der Waals surface area (Å²) >= 11 is 0. The molecule has 2 aliphatic rings. The molecule has 8 heteroatoms. The molecule has 1 aromatic rings. The number of benzene rings is 1. The molecule has 2 fully saturated rings. The van der Waals surface area contributed by atoms with Gasteiger partial charge in [0.1, 0.15) is 30.5 Å². The summed E-state index contributed by atoms with van der Waals surface area (Å²) in [7, 11) is 0. The average molecular weight is 314 g/mol. The number of aromatic hydroxyl groups is 2. The molecule has 5 N–H and O–H groups in total. The molecular formula is C14H18O8. The van der Waals surface area contributed by atoms with E-state index < -0.39 is 43.4 Å². The maximum absolute atomic E-state index is 10.1. The van der Waals surface area contributed by atoms with E-state index in [1.165, 1.54) is 12.1 Å². The fraction of sp³-hybridized carbons (Fsp3) is 0.571. The van der Waals surface area contributed by atoms with Crippen molar-refractivity contribution in [2.45, 2.75) is 36.8 Å². The summed E-state index contributed by atoms with van der Waals surface area (Å²) in [5.74, 6) is -0.537. The average Bonchev–Trinajstić information content (AvgIpc) is 2.53. The van der Waals surface area contributed by atoms with E-state index in [9.17, 15) is 20.4 Å². The van der Waals surface area contributed by atoms with Crippen LogP contribution < -0.4 is 0 Å². The van der Waals surface area contributed by atoms with Gasteiger partial charge in [-0.05, 0) is 17.7 Å². The number of ether oxygens (including phenoxy) is 3. The second kappa shape index (κ2) is 5.99. The molecule has 6 atom stereocenters.